The van der Waals surface area contributed by atoms with Crippen molar-refractivity contribution >= 4 is 24.0 Å². The van der Waals surface area contributed by atoms with Crippen molar-refractivity contribution in [1.82, 2.24) is 20.1 Å². The predicted octanol–water partition coefficient (Wildman–Crippen LogP) is 2.22. The molecule has 11 heteroatoms. The summed E-state index contributed by atoms with van der Waals surface area (Å²) < 4.78 is 5.23. The van der Waals surface area contributed by atoms with Gasteiger partial charge in [0.2, 0.25) is 0 Å². The maximum absolute atomic E-state index is 13.1. The number of aromatic nitrogens is 1. The third-order valence-electron chi connectivity index (χ3n) is 7.77. The zero-order valence-corrected chi connectivity index (χ0v) is 24.2. The van der Waals surface area contributed by atoms with Gasteiger partial charge in [0.1, 0.15) is 23.0 Å². The number of nitrogens with zero attached hydrogens (tertiary/aromatic N) is 4. The molecule has 2 aromatic carbocycles. The fourth-order valence-electron chi connectivity index (χ4n) is 5.34. The quantitative estimate of drug-likeness (QED) is 0.271. The van der Waals surface area contributed by atoms with Crippen molar-refractivity contribution < 1.29 is 24.2 Å². The van der Waals surface area contributed by atoms with Crippen LogP contribution in [0.15, 0.2) is 54.6 Å². The molecule has 0 saturated carbocycles. The summed E-state index contributed by atoms with van der Waals surface area (Å²) in [6, 6.07) is 14.8. The van der Waals surface area contributed by atoms with Crippen LogP contribution < -0.4 is 20.7 Å². The van der Waals surface area contributed by atoms with Gasteiger partial charge in [0.15, 0.2) is 11.8 Å². The lowest BCUT2D eigenvalue weighted by atomic mass is 10.00. The minimum absolute atomic E-state index is 0.0642. The van der Waals surface area contributed by atoms with Gasteiger partial charge in [0, 0.05) is 49.4 Å². The third kappa shape index (κ3) is 6.39. The molecule has 3 aromatic rings. The van der Waals surface area contributed by atoms with Gasteiger partial charge in [-0.25, -0.2) is 9.78 Å². The SMILES string of the molecule is CCN1CCN(c2ccc(O)c(-c3ccc(C#C[C@](C=O)(CN4Cc5ccc(OC)cc5C4=O)NC(N)=O)cc3)n2)CC1. The molecule has 2 aliphatic rings. The van der Waals surface area contributed by atoms with E-state index in [1.807, 2.05) is 6.07 Å². The Hall–Kier alpha value is -5.08. The first-order valence-electron chi connectivity index (χ1n) is 14.0. The van der Waals surface area contributed by atoms with E-state index < -0.39 is 11.6 Å². The van der Waals surface area contributed by atoms with E-state index in [1.165, 1.54) is 12.0 Å². The molecule has 0 aliphatic carbocycles. The van der Waals surface area contributed by atoms with E-state index in [2.05, 4.69) is 33.9 Å². The van der Waals surface area contributed by atoms with Gasteiger partial charge in [-0.15, -0.1) is 0 Å². The minimum atomic E-state index is -1.73. The number of carbonyl (C=O) groups excluding carboxylic acids is 3. The van der Waals surface area contributed by atoms with Crippen molar-refractivity contribution in [3.63, 3.8) is 0 Å². The summed E-state index contributed by atoms with van der Waals surface area (Å²) in [4.78, 5) is 48.1. The molecule has 222 valence electrons. The van der Waals surface area contributed by atoms with Gasteiger partial charge >= 0.3 is 6.03 Å². The Morgan fingerprint density at radius 1 is 1.14 bits per heavy atom. The van der Waals surface area contributed by atoms with E-state index in [4.69, 9.17) is 15.5 Å². The van der Waals surface area contributed by atoms with E-state index >= 15 is 0 Å². The van der Waals surface area contributed by atoms with Gasteiger partial charge in [0.05, 0.1) is 13.7 Å². The first-order chi connectivity index (χ1) is 20.7. The number of methoxy groups -OCH3 is 1. The molecule has 1 saturated heterocycles. The zero-order valence-electron chi connectivity index (χ0n) is 24.2. The smallest absolute Gasteiger partial charge is 0.313 e. The number of nitrogens with two attached hydrogens (primary N) is 1. The summed E-state index contributed by atoms with van der Waals surface area (Å²) in [5, 5.41) is 13.0. The van der Waals surface area contributed by atoms with E-state index in [9.17, 15) is 19.5 Å². The van der Waals surface area contributed by atoms with Crippen molar-refractivity contribution in [2.45, 2.75) is 19.0 Å². The number of carbonyl (C=O) groups is 3. The molecule has 1 fully saturated rings. The first-order valence-corrected chi connectivity index (χ1v) is 14.0. The Balaban J connectivity index is 1.35. The second kappa shape index (κ2) is 12.4. The van der Waals surface area contributed by atoms with Gasteiger partial charge in [-0.1, -0.05) is 37.0 Å². The van der Waals surface area contributed by atoms with Crippen LogP contribution in [0, 0.1) is 11.8 Å². The molecular weight excluding hydrogens is 548 g/mol. The van der Waals surface area contributed by atoms with Gasteiger partial charge in [-0.05, 0) is 48.5 Å². The van der Waals surface area contributed by atoms with Crippen LogP contribution in [0.25, 0.3) is 11.3 Å². The molecule has 3 heterocycles. The highest BCUT2D eigenvalue weighted by atomic mass is 16.5. The number of fused-ring (bicyclic) bond motifs is 1. The van der Waals surface area contributed by atoms with Crippen LogP contribution in [-0.4, -0.2) is 90.0 Å². The van der Waals surface area contributed by atoms with Gasteiger partial charge < -0.3 is 35.6 Å². The molecule has 1 atom stereocenters. The number of primary amides is 1. The van der Waals surface area contributed by atoms with Crippen LogP contribution in [-0.2, 0) is 11.3 Å². The summed E-state index contributed by atoms with van der Waals surface area (Å²) in [5.41, 5.74) is 6.61. The van der Waals surface area contributed by atoms with Crippen LogP contribution >= 0.6 is 0 Å². The largest absolute Gasteiger partial charge is 0.506 e. The lowest BCUT2D eigenvalue weighted by Crippen LogP contribution is -2.57. The molecule has 43 heavy (non-hydrogen) atoms. The predicted molar refractivity (Wildman–Crippen MR) is 162 cm³/mol. The highest BCUT2D eigenvalue weighted by Gasteiger charge is 2.37. The van der Waals surface area contributed by atoms with Crippen molar-refractivity contribution in [1.29, 1.82) is 0 Å². The van der Waals surface area contributed by atoms with E-state index in [0.29, 0.717) is 34.4 Å². The highest BCUT2D eigenvalue weighted by molar-refractivity contribution is 5.99. The Bertz CT molecular complexity index is 1590. The van der Waals surface area contributed by atoms with E-state index in [1.54, 1.807) is 48.5 Å². The fraction of sp³-hybridized carbons (Fsp3) is 0.312. The Morgan fingerprint density at radius 3 is 2.53 bits per heavy atom. The van der Waals surface area contributed by atoms with E-state index in [-0.39, 0.29) is 24.7 Å². The number of aldehydes is 1. The summed E-state index contributed by atoms with van der Waals surface area (Å²) in [5.74, 6) is 6.87. The number of nitrogens with one attached hydrogen (secondary N) is 1. The Kier molecular flexibility index (Phi) is 8.50. The molecular formula is C32H34N6O5. The third-order valence-corrected chi connectivity index (χ3v) is 7.77. The average Bonchev–Trinajstić information content (AvgIpc) is 3.33. The number of anilines is 1. The number of aromatic hydroxyl groups is 1. The Morgan fingerprint density at radius 2 is 1.88 bits per heavy atom. The summed E-state index contributed by atoms with van der Waals surface area (Å²) in [6.45, 7) is 6.86. The molecule has 0 bridgehead atoms. The number of likely N-dealkylation sites (N-methyl/N-ethyl adjacent to an activating group) is 1. The second-order valence-corrected chi connectivity index (χ2v) is 10.5. The number of pyridine rings is 1. The molecule has 0 radical (unpaired) electrons. The average molecular weight is 583 g/mol. The summed E-state index contributed by atoms with van der Waals surface area (Å²) in [7, 11) is 1.52. The number of hydrogen-bond acceptors (Lipinski definition) is 8. The van der Waals surface area contributed by atoms with Crippen molar-refractivity contribution in [2.24, 2.45) is 5.73 Å². The topological polar surface area (TPSA) is 141 Å². The number of ether oxygens (including phenoxy) is 1. The van der Waals surface area contributed by atoms with E-state index in [0.717, 1.165) is 44.1 Å². The number of urea groups is 1. The van der Waals surface area contributed by atoms with Crippen molar-refractivity contribution in [3.05, 3.63) is 71.3 Å². The normalized spacial score (nSPS) is 16.1. The van der Waals surface area contributed by atoms with Crippen LogP contribution in [0.2, 0.25) is 0 Å². The van der Waals surface area contributed by atoms with Crippen LogP contribution in [0.1, 0.15) is 28.4 Å². The Labute approximate surface area is 250 Å². The molecule has 0 spiro atoms. The highest BCUT2D eigenvalue weighted by Crippen LogP contribution is 2.31. The van der Waals surface area contributed by atoms with Crippen LogP contribution in [0.4, 0.5) is 10.6 Å². The van der Waals surface area contributed by atoms with Crippen LogP contribution in [0.5, 0.6) is 11.5 Å². The zero-order chi connectivity index (χ0) is 30.6. The number of benzene rings is 2. The number of piperazine rings is 1. The molecule has 2 aliphatic heterocycles. The molecule has 1 aromatic heterocycles. The van der Waals surface area contributed by atoms with Crippen LogP contribution in [0.3, 0.4) is 0 Å². The monoisotopic (exact) mass is 582 g/mol. The second-order valence-electron chi connectivity index (χ2n) is 10.5. The first kappa shape index (κ1) is 29.4. The number of amides is 3. The molecule has 0 unspecified atom stereocenters. The molecule has 3 amide bonds. The molecule has 11 nitrogen and oxygen atoms in total. The van der Waals surface area contributed by atoms with Crippen molar-refractivity contribution in [3.8, 4) is 34.6 Å². The maximum Gasteiger partial charge on any atom is 0.313 e. The van der Waals surface area contributed by atoms with Gasteiger partial charge in [-0.3, -0.25) is 9.59 Å². The standard InChI is InChI=1S/C32H34N6O5/c1-3-36-14-16-37(17-15-36)28-11-10-27(40)29(34-28)23-6-4-22(5-7-23)12-13-32(21-39,35-31(33)42)20-38-19-24-8-9-25(43-2)18-26(24)30(38)41/h4-11,18,21,40H,3,14-17,19-20H2,1-2H3,(H3,33,35,42)/t32-/m1/s1. The van der Waals surface area contributed by atoms with Gasteiger partial charge in [-0.2, -0.15) is 0 Å². The van der Waals surface area contributed by atoms with Crippen molar-refractivity contribution in [2.75, 3.05) is 51.3 Å². The molecule has 4 N–H and O–H groups in total. The minimum Gasteiger partial charge on any atom is -0.506 e. The molecule has 5 rings (SSSR count). The van der Waals surface area contributed by atoms with Gasteiger partial charge in [0.25, 0.3) is 5.91 Å². The maximum atomic E-state index is 13.1. The number of hydrogen-bond donors (Lipinski definition) is 3. The summed E-state index contributed by atoms with van der Waals surface area (Å²) >= 11 is 0. The summed E-state index contributed by atoms with van der Waals surface area (Å²) in [6.07, 6.45) is 0.490. The number of rotatable bonds is 8. The fourth-order valence-corrected chi connectivity index (χ4v) is 5.34. The lowest BCUT2D eigenvalue weighted by Gasteiger charge is -2.34. The lowest BCUT2D eigenvalue weighted by molar-refractivity contribution is -0.111.